The molecule has 0 aliphatic rings. The van der Waals surface area contributed by atoms with E-state index >= 15 is 0 Å². The zero-order chi connectivity index (χ0) is 11.3. The van der Waals surface area contributed by atoms with Gasteiger partial charge in [-0.15, -0.1) is 0 Å². The van der Waals surface area contributed by atoms with Crippen LogP contribution in [0, 0.1) is 11.3 Å². The Labute approximate surface area is 96.0 Å². The Bertz CT molecular complexity index is 401. The minimum absolute atomic E-state index is 0.600. The number of halogens is 1. The maximum absolute atomic E-state index is 11.1. The van der Waals surface area contributed by atoms with Gasteiger partial charge in [-0.25, -0.2) is 4.79 Å². The molecule has 0 saturated heterocycles. The standard InChI is InChI=1S/C10H9BrN2O2/c1-15-10(14)9(6-12)13-8-4-2-3-7(11)5-8/h2-5,9,13H,1H3. The van der Waals surface area contributed by atoms with E-state index in [1.165, 1.54) is 7.11 Å². The summed E-state index contributed by atoms with van der Waals surface area (Å²) < 4.78 is 5.34. The number of ether oxygens (including phenoxy) is 1. The number of rotatable bonds is 3. The molecule has 0 aromatic heterocycles. The van der Waals surface area contributed by atoms with E-state index in [9.17, 15) is 4.79 Å². The van der Waals surface area contributed by atoms with Crippen LogP contribution in [0.1, 0.15) is 0 Å². The fourth-order valence-electron chi connectivity index (χ4n) is 1.01. The molecule has 0 radical (unpaired) electrons. The van der Waals surface area contributed by atoms with Crippen molar-refractivity contribution in [2.24, 2.45) is 0 Å². The highest BCUT2D eigenvalue weighted by Gasteiger charge is 2.17. The molecular formula is C10H9BrN2O2. The Morgan fingerprint density at radius 1 is 1.67 bits per heavy atom. The summed E-state index contributed by atoms with van der Waals surface area (Å²) in [4.78, 5) is 11.1. The van der Waals surface area contributed by atoms with E-state index in [4.69, 9.17) is 5.26 Å². The highest BCUT2D eigenvalue weighted by molar-refractivity contribution is 9.10. The van der Waals surface area contributed by atoms with E-state index in [0.717, 1.165) is 4.47 Å². The lowest BCUT2D eigenvalue weighted by atomic mass is 10.2. The number of hydrogen-bond donors (Lipinski definition) is 1. The molecule has 0 saturated carbocycles. The maximum atomic E-state index is 11.1. The number of benzene rings is 1. The third kappa shape index (κ3) is 3.26. The van der Waals surface area contributed by atoms with Gasteiger partial charge < -0.3 is 10.1 Å². The Morgan fingerprint density at radius 2 is 2.40 bits per heavy atom. The van der Waals surface area contributed by atoms with Gasteiger partial charge in [0, 0.05) is 10.2 Å². The van der Waals surface area contributed by atoms with Crippen LogP contribution in [-0.2, 0) is 9.53 Å². The molecule has 15 heavy (non-hydrogen) atoms. The second-order valence-electron chi connectivity index (χ2n) is 2.74. The number of nitriles is 1. The first-order valence-electron chi connectivity index (χ1n) is 4.17. The SMILES string of the molecule is COC(=O)C(C#N)Nc1cccc(Br)c1. The lowest BCUT2D eigenvalue weighted by Crippen LogP contribution is -2.28. The van der Waals surface area contributed by atoms with Crippen LogP contribution in [0.2, 0.25) is 0 Å². The zero-order valence-electron chi connectivity index (χ0n) is 8.03. The van der Waals surface area contributed by atoms with Crippen molar-refractivity contribution in [2.75, 3.05) is 12.4 Å². The van der Waals surface area contributed by atoms with Crippen molar-refractivity contribution in [3.63, 3.8) is 0 Å². The van der Waals surface area contributed by atoms with Gasteiger partial charge >= 0.3 is 5.97 Å². The first-order valence-corrected chi connectivity index (χ1v) is 4.96. The van der Waals surface area contributed by atoms with Gasteiger partial charge in [-0.2, -0.15) is 5.26 Å². The molecule has 0 heterocycles. The van der Waals surface area contributed by atoms with Gasteiger partial charge in [0.15, 0.2) is 0 Å². The topological polar surface area (TPSA) is 62.1 Å². The van der Waals surface area contributed by atoms with Crippen LogP contribution in [0.15, 0.2) is 28.7 Å². The molecule has 78 valence electrons. The molecule has 4 nitrogen and oxygen atoms in total. The molecule has 1 N–H and O–H groups in total. The molecule has 0 amide bonds. The van der Waals surface area contributed by atoms with Crippen molar-refractivity contribution in [3.8, 4) is 6.07 Å². The van der Waals surface area contributed by atoms with Crippen LogP contribution in [-0.4, -0.2) is 19.1 Å². The van der Waals surface area contributed by atoms with Crippen molar-refractivity contribution in [1.82, 2.24) is 0 Å². The van der Waals surface area contributed by atoms with Crippen molar-refractivity contribution in [2.45, 2.75) is 6.04 Å². The summed E-state index contributed by atoms with van der Waals surface area (Å²) in [6.45, 7) is 0. The van der Waals surface area contributed by atoms with Gasteiger partial charge in [-0.1, -0.05) is 22.0 Å². The quantitative estimate of drug-likeness (QED) is 0.851. The zero-order valence-corrected chi connectivity index (χ0v) is 9.61. The van der Waals surface area contributed by atoms with Crippen LogP contribution in [0.3, 0.4) is 0 Å². The molecule has 0 spiro atoms. The summed E-state index contributed by atoms with van der Waals surface area (Å²) in [7, 11) is 1.25. The highest BCUT2D eigenvalue weighted by atomic mass is 79.9. The summed E-state index contributed by atoms with van der Waals surface area (Å²) >= 11 is 3.29. The molecule has 1 rings (SSSR count). The smallest absolute Gasteiger partial charge is 0.343 e. The first kappa shape index (κ1) is 11.5. The molecule has 1 unspecified atom stereocenters. The lowest BCUT2D eigenvalue weighted by molar-refractivity contribution is -0.140. The number of carbonyl (C=O) groups excluding carboxylic acids is 1. The minimum Gasteiger partial charge on any atom is -0.467 e. The minimum atomic E-state index is -0.982. The van der Waals surface area contributed by atoms with Crippen molar-refractivity contribution >= 4 is 27.6 Å². The summed E-state index contributed by atoms with van der Waals surface area (Å²) in [5.41, 5.74) is 0.682. The van der Waals surface area contributed by atoms with E-state index in [1.54, 1.807) is 18.2 Å². The van der Waals surface area contributed by atoms with Crippen LogP contribution in [0.25, 0.3) is 0 Å². The monoisotopic (exact) mass is 268 g/mol. The van der Waals surface area contributed by atoms with Gasteiger partial charge in [0.2, 0.25) is 6.04 Å². The molecule has 0 aliphatic heterocycles. The predicted octanol–water partition coefficient (Wildman–Crippen LogP) is 1.93. The van der Waals surface area contributed by atoms with E-state index < -0.39 is 12.0 Å². The molecule has 0 aliphatic carbocycles. The molecule has 5 heteroatoms. The number of nitrogens with zero attached hydrogens (tertiary/aromatic N) is 1. The maximum Gasteiger partial charge on any atom is 0.343 e. The molecule has 0 fully saturated rings. The lowest BCUT2D eigenvalue weighted by Gasteiger charge is -2.10. The summed E-state index contributed by atoms with van der Waals surface area (Å²) in [6.07, 6.45) is 0. The van der Waals surface area contributed by atoms with Crippen LogP contribution < -0.4 is 5.32 Å². The highest BCUT2D eigenvalue weighted by Crippen LogP contribution is 2.16. The molecule has 1 atom stereocenters. The van der Waals surface area contributed by atoms with E-state index in [-0.39, 0.29) is 0 Å². The van der Waals surface area contributed by atoms with Crippen LogP contribution >= 0.6 is 15.9 Å². The van der Waals surface area contributed by atoms with Gasteiger partial charge in [0.25, 0.3) is 0 Å². The Hall–Kier alpha value is -1.54. The Kier molecular flexibility index (Phi) is 4.13. The third-order valence-corrected chi connectivity index (χ3v) is 2.19. The number of methoxy groups -OCH3 is 1. The average Bonchev–Trinajstić information content (AvgIpc) is 2.25. The van der Waals surface area contributed by atoms with Crippen molar-refractivity contribution in [3.05, 3.63) is 28.7 Å². The van der Waals surface area contributed by atoms with Crippen LogP contribution in [0.5, 0.6) is 0 Å². The number of anilines is 1. The summed E-state index contributed by atoms with van der Waals surface area (Å²) in [5.74, 6) is -0.600. The van der Waals surface area contributed by atoms with Gasteiger partial charge in [-0.3, -0.25) is 0 Å². The second kappa shape index (κ2) is 5.37. The largest absolute Gasteiger partial charge is 0.467 e. The Morgan fingerprint density at radius 3 is 2.93 bits per heavy atom. The van der Waals surface area contributed by atoms with Crippen molar-refractivity contribution in [1.29, 1.82) is 5.26 Å². The number of hydrogen-bond acceptors (Lipinski definition) is 4. The molecule has 0 bridgehead atoms. The average molecular weight is 269 g/mol. The Balaban J connectivity index is 2.76. The van der Waals surface area contributed by atoms with Gasteiger partial charge in [0.1, 0.15) is 0 Å². The van der Waals surface area contributed by atoms with Crippen molar-refractivity contribution < 1.29 is 9.53 Å². The van der Waals surface area contributed by atoms with Gasteiger partial charge in [-0.05, 0) is 18.2 Å². The predicted molar refractivity (Wildman–Crippen MR) is 59.2 cm³/mol. The second-order valence-corrected chi connectivity index (χ2v) is 3.66. The fraction of sp³-hybridized carbons (Fsp3) is 0.200. The van der Waals surface area contributed by atoms with E-state index in [0.29, 0.717) is 5.69 Å². The number of esters is 1. The molecule has 1 aromatic carbocycles. The van der Waals surface area contributed by atoms with E-state index in [2.05, 4.69) is 26.0 Å². The van der Waals surface area contributed by atoms with E-state index in [1.807, 2.05) is 12.1 Å². The third-order valence-electron chi connectivity index (χ3n) is 1.70. The summed E-state index contributed by atoms with van der Waals surface area (Å²) in [5, 5.41) is 11.5. The number of nitrogens with one attached hydrogen (secondary N) is 1. The normalized spacial score (nSPS) is 11.3. The number of carbonyl (C=O) groups is 1. The molecular weight excluding hydrogens is 260 g/mol. The fourth-order valence-corrected chi connectivity index (χ4v) is 1.41. The van der Waals surface area contributed by atoms with Gasteiger partial charge in [0.05, 0.1) is 13.2 Å². The van der Waals surface area contributed by atoms with Crippen LogP contribution in [0.4, 0.5) is 5.69 Å². The summed E-state index contributed by atoms with van der Waals surface area (Å²) in [6, 6.07) is 8.03. The first-order chi connectivity index (χ1) is 7.17. The molecule has 1 aromatic rings.